The van der Waals surface area contributed by atoms with Crippen molar-refractivity contribution in [2.24, 2.45) is 0 Å². The molecule has 0 amide bonds. The number of benzene rings is 2. The minimum atomic E-state index is -0.763. The SMILES string of the molecule is C=CCOC(=O)C1=C(C)NC(SCC(=O)OC)=C(C#N)[C@H]1c1ccc(OCc2ccccc2)c(OC)c1. The highest BCUT2D eigenvalue weighted by atomic mass is 32.2. The molecule has 2 aromatic carbocycles. The number of nitriles is 1. The van der Waals surface area contributed by atoms with Crippen molar-refractivity contribution in [3.63, 3.8) is 0 Å². The lowest BCUT2D eigenvalue weighted by atomic mass is 9.82. The lowest BCUT2D eigenvalue weighted by Crippen LogP contribution is -2.29. The number of nitrogens with one attached hydrogen (secondary N) is 1. The first-order chi connectivity index (χ1) is 17.9. The Labute approximate surface area is 220 Å². The summed E-state index contributed by atoms with van der Waals surface area (Å²) in [5.41, 5.74) is 2.68. The Morgan fingerprint density at radius 2 is 1.92 bits per heavy atom. The quantitative estimate of drug-likeness (QED) is 0.336. The van der Waals surface area contributed by atoms with Crippen LogP contribution in [0.3, 0.4) is 0 Å². The molecule has 0 saturated carbocycles. The van der Waals surface area contributed by atoms with E-state index in [1.165, 1.54) is 20.3 Å². The summed E-state index contributed by atoms with van der Waals surface area (Å²) in [6.07, 6.45) is 1.47. The number of carbonyl (C=O) groups excluding carboxylic acids is 2. The van der Waals surface area contributed by atoms with E-state index in [-0.39, 0.29) is 23.5 Å². The van der Waals surface area contributed by atoms with Crippen LogP contribution >= 0.6 is 11.8 Å². The van der Waals surface area contributed by atoms with Crippen molar-refractivity contribution in [2.75, 3.05) is 26.6 Å². The van der Waals surface area contributed by atoms with Gasteiger partial charge in [-0.25, -0.2) is 4.79 Å². The predicted molar refractivity (Wildman–Crippen MR) is 141 cm³/mol. The molecule has 9 heteroatoms. The number of allylic oxidation sites excluding steroid dienone is 2. The van der Waals surface area contributed by atoms with Crippen molar-refractivity contribution >= 4 is 23.7 Å². The van der Waals surface area contributed by atoms with E-state index >= 15 is 0 Å². The molecule has 0 radical (unpaired) electrons. The summed E-state index contributed by atoms with van der Waals surface area (Å²) in [6, 6.07) is 17.2. The highest BCUT2D eigenvalue weighted by molar-refractivity contribution is 8.03. The molecule has 37 heavy (non-hydrogen) atoms. The van der Waals surface area contributed by atoms with E-state index in [9.17, 15) is 14.9 Å². The van der Waals surface area contributed by atoms with Crippen LogP contribution in [0, 0.1) is 11.3 Å². The molecule has 1 heterocycles. The largest absolute Gasteiger partial charge is 0.493 e. The second-order valence-electron chi connectivity index (χ2n) is 7.89. The van der Waals surface area contributed by atoms with E-state index in [2.05, 4.69) is 18.0 Å². The van der Waals surface area contributed by atoms with Crippen molar-refractivity contribution in [1.29, 1.82) is 5.26 Å². The fourth-order valence-corrected chi connectivity index (χ4v) is 4.68. The molecule has 8 nitrogen and oxygen atoms in total. The molecule has 1 aliphatic heterocycles. The van der Waals surface area contributed by atoms with Crippen LogP contribution in [0.15, 0.2) is 83.1 Å². The number of methoxy groups -OCH3 is 2. The molecule has 1 N–H and O–H groups in total. The van der Waals surface area contributed by atoms with E-state index in [0.717, 1.165) is 17.3 Å². The normalized spacial score (nSPS) is 14.8. The molecule has 2 aromatic rings. The van der Waals surface area contributed by atoms with Gasteiger partial charge in [0.2, 0.25) is 0 Å². The van der Waals surface area contributed by atoms with Crippen LogP contribution in [0.5, 0.6) is 11.5 Å². The van der Waals surface area contributed by atoms with Crippen LogP contribution in [0.4, 0.5) is 0 Å². The van der Waals surface area contributed by atoms with Crippen LogP contribution < -0.4 is 14.8 Å². The van der Waals surface area contributed by atoms with Gasteiger partial charge in [-0.2, -0.15) is 5.26 Å². The Bertz CT molecular complexity index is 1260. The minimum absolute atomic E-state index is 0.00412. The first-order valence-electron chi connectivity index (χ1n) is 11.4. The maximum atomic E-state index is 13.1. The highest BCUT2D eigenvalue weighted by Crippen LogP contribution is 2.43. The van der Waals surface area contributed by atoms with Crippen molar-refractivity contribution in [2.45, 2.75) is 19.4 Å². The van der Waals surface area contributed by atoms with Crippen molar-refractivity contribution in [3.05, 3.63) is 94.2 Å². The third kappa shape index (κ3) is 6.74. The minimum Gasteiger partial charge on any atom is -0.493 e. The molecule has 0 aromatic heterocycles. The third-order valence-corrected chi connectivity index (χ3v) is 6.51. The van der Waals surface area contributed by atoms with Gasteiger partial charge in [0.15, 0.2) is 11.5 Å². The summed E-state index contributed by atoms with van der Waals surface area (Å²) in [5, 5.41) is 13.7. The number of esters is 2. The number of nitrogens with zero attached hydrogens (tertiary/aromatic N) is 1. The van der Waals surface area contributed by atoms with Crippen molar-refractivity contribution in [3.8, 4) is 17.6 Å². The Hall–Kier alpha value is -4.16. The average molecular weight is 521 g/mol. The highest BCUT2D eigenvalue weighted by Gasteiger charge is 2.36. The number of dihydropyridines is 1. The summed E-state index contributed by atoms with van der Waals surface area (Å²) < 4.78 is 21.6. The molecular formula is C28H28N2O6S. The molecule has 1 aliphatic rings. The van der Waals surface area contributed by atoms with Gasteiger partial charge in [0.05, 0.1) is 48.1 Å². The lowest BCUT2D eigenvalue weighted by molar-refractivity contribution is -0.138. The van der Waals surface area contributed by atoms with E-state index in [4.69, 9.17) is 18.9 Å². The molecule has 3 rings (SSSR count). The molecule has 0 bridgehead atoms. The maximum Gasteiger partial charge on any atom is 0.337 e. The summed E-state index contributed by atoms with van der Waals surface area (Å²) in [6.45, 7) is 5.68. The van der Waals surface area contributed by atoms with E-state index in [1.807, 2.05) is 30.3 Å². The second kappa shape index (κ2) is 13.2. The fraction of sp³-hybridized carbons (Fsp3) is 0.250. The van der Waals surface area contributed by atoms with Crippen LogP contribution in [0.2, 0.25) is 0 Å². The lowest BCUT2D eigenvalue weighted by Gasteiger charge is -2.29. The summed E-state index contributed by atoms with van der Waals surface area (Å²) in [7, 11) is 2.82. The molecule has 0 fully saturated rings. The monoisotopic (exact) mass is 520 g/mol. The average Bonchev–Trinajstić information content (AvgIpc) is 2.93. The van der Waals surface area contributed by atoms with Crippen LogP contribution in [0.25, 0.3) is 0 Å². The van der Waals surface area contributed by atoms with Crippen molar-refractivity contribution in [1.82, 2.24) is 5.32 Å². The Morgan fingerprint density at radius 3 is 2.57 bits per heavy atom. The van der Waals surface area contributed by atoms with Crippen LogP contribution in [-0.2, 0) is 25.7 Å². The smallest absolute Gasteiger partial charge is 0.337 e. The Kier molecular flexibility index (Phi) is 9.81. The fourth-order valence-electron chi connectivity index (χ4n) is 3.75. The van der Waals surface area contributed by atoms with Gasteiger partial charge in [-0.3, -0.25) is 4.79 Å². The Morgan fingerprint density at radius 1 is 1.16 bits per heavy atom. The van der Waals surface area contributed by atoms with Gasteiger partial charge in [0.25, 0.3) is 0 Å². The summed E-state index contributed by atoms with van der Waals surface area (Å²) in [4.78, 5) is 24.8. The number of hydrogen-bond donors (Lipinski definition) is 1. The summed E-state index contributed by atoms with van der Waals surface area (Å²) in [5.74, 6) is -0.820. The van der Waals surface area contributed by atoms with E-state index in [0.29, 0.717) is 34.4 Å². The number of thioether (sulfide) groups is 1. The standard InChI is InChI=1S/C28H28N2O6S/c1-5-13-35-28(32)25-18(2)30-27(37-17-24(31)34-4)21(15-29)26(25)20-11-12-22(23(14-20)33-3)36-16-19-9-7-6-8-10-19/h5-12,14,26,30H,1,13,16-17H2,2-4H3/t26-/m1/s1. The van der Waals surface area contributed by atoms with Gasteiger partial charge in [0.1, 0.15) is 13.2 Å². The molecule has 1 atom stereocenters. The first-order valence-corrected chi connectivity index (χ1v) is 12.4. The molecule has 192 valence electrons. The van der Waals surface area contributed by atoms with E-state index in [1.54, 1.807) is 25.1 Å². The molecule has 0 aliphatic carbocycles. The van der Waals surface area contributed by atoms with Crippen molar-refractivity contribution < 1.29 is 28.5 Å². The van der Waals surface area contributed by atoms with Gasteiger partial charge in [-0.1, -0.05) is 60.8 Å². The number of ether oxygens (including phenoxy) is 4. The molecule has 0 saturated heterocycles. The summed E-state index contributed by atoms with van der Waals surface area (Å²) >= 11 is 1.13. The second-order valence-corrected chi connectivity index (χ2v) is 8.87. The molecule has 0 unspecified atom stereocenters. The first kappa shape index (κ1) is 27.4. The topological polar surface area (TPSA) is 107 Å². The van der Waals surface area contributed by atoms with Crippen LogP contribution in [0.1, 0.15) is 24.0 Å². The van der Waals surface area contributed by atoms with Gasteiger partial charge in [-0.05, 0) is 30.2 Å². The number of hydrogen-bond acceptors (Lipinski definition) is 9. The predicted octanol–water partition coefficient (Wildman–Crippen LogP) is 4.61. The van der Waals surface area contributed by atoms with Gasteiger partial charge in [-0.15, -0.1) is 0 Å². The molecular weight excluding hydrogens is 492 g/mol. The number of carbonyl (C=O) groups is 2. The van der Waals surface area contributed by atoms with Gasteiger partial charge < -0.3 is 24.3 Å². The van der Waals surface area contributed by atoms with E-state index < -0.39 is 17.9 Å². The third-order valence-electron chi connectivity index (χ3n) is 5.52. The van der Waals surface area contributed by atoms with Gasteiger partial charge >= 0.3 is 11.9 Å². The molecule has 0 spiro atoms. The van der Waals surface area contributed by atoms with Crippen LogP contribution in [-0.4, -0.2) is 38.5 Å². The zero-order valence-corrected chi connectivity index (χ0v) is 21.7. The van der Waals surface area contributed by atoms with Gasteiger partial charge in [0, 0.05) is 5.70 Å². The maximum absolute atomic E-state index is 13.1. The Balaban J connectivity index is 2.02. The number of rotatable bonds is 11. The zero-order valence-electron chi connectivity index (χ0n) is 20.9. The zero-order chi connectivity index (χ0) is 26.8.